The van der Waals surface area contributed by atoms with E-state index >= 15 is 0 Å². The first-order chi connectivity index (χ1) is 10.3. The van der Waals surface area contributed by atoms with Crippen molar-refractivity contribution in [3.8, 4) is 0 Å². The van der Waals surface area contributed by atoms with Gasteiger partial charge in [-0.15, -0.1) is 0 Å². The molecule has 122 valence electrons. The molecule has 1 aromatic rings. The van der Waals surface area contributed by atoms with Crippen molar-refractivity contribution in [2.45, 2.75) is 20.8 Å². The molecule has 0 radical (unpaired) electrons. The maximum atomic E-state index is 12.5. The summed E-state index contributed by atoms with van der Waals surface area (Å²) in [6.07, 6.45) is 0. The topological polar surface area (TPSA) is 80.6 Å². The van der Waals surface area contributed by atoms with Gasteiger partial charge in [0.15, 0.2) is 5.78 Å². The van der Waals surface area contributed by atoms with E-state index in [0.717, 1.165) is 0 Å². The summed E-state index contributed by atoms with van der Waals surface area (Å²) in [5.41, 5.74) is 2.05. The SMILES string of the molecule is CCNC(=O)N(C)CC(=O)c1c(C)c(C(=O)OC)n(C)c1C. The summed E-state index contributed by atoms with van der Waals surface area (Å²) in [4.78, 5) is 37.3. The predicted molar refractivity (Wildman–Crippen MR) is 82.3 cm³/mol. The monoisotopic (exact) mass is 309 g/mol. The molecule has 7 heteroatoms. The number of nitrogens with one attached hydrogen (secondary N) is 1. The van der Waals surface area contributed by atoms with E-state index in [-0.39, 0.29) is 18.4 Å². The van der Waals surface area contributed by atoms with Gasteiger partial charge in [0.05, 0.1) is 13.7 Å². The van der Waals surface area contributed by atoms with Gasteiger partial charge < -0.3 is 19.5 Å². The molecule has 0 unspecified atom stereocenters. The second kappa shape index (κ2) is 7.11. The van der Waals surface area contributed by atoms with Crippen molar-refractivity contribution in [1.29, 1.82) is 0 Å². The Morgan fingerprint density at radius 3 is 2.36 bits per heavy atom. The number of aromatic nitrogens is 1. The van der Waals surface area contributed by atoms with Crippen molar-refractivity contribution in [1.82, 2.24) is 14.8 Å². The molecule has 0 spiro atoms. The number of amides is 2. The summed E-state index contributed by atoms with van der Waals surface area (Å²) >= 11 is 0. The van der Waals surface area contributed by atoms with Crippen molar-refractivity contribution in [2.24, 2.45) is 7.05 Å². The second-order valence-electron chi connectivity index (χ2n) is 5.10. The molecule has 7 nitrogen and oxygen atoms in total. The van der Waals surface area contributed by atoms with Crippen molar-refractivity contribution in [2.75, 3.05) is 27.2 Å². The molecule has 0 aliphatic rings. The third kappa shape index (κ3) is 3.29. The molecule has 0 saturated heterocycles. The normalized spacial score (nSPS) is 10.3. The standard InChI is InChI=1S/C15H23N3O4/c1-7-16-15(21)17(4)8-11(19)12-9(2)13(14(20)22-6)18(5)10(12)3/h7-8H2,1-6H3,(H,16,21). The highest BCUT2D eigenvalue weighted by Crippen LogP contribution is 2.22. The van der Waals surface area contributed by atoms with Crippen LogP contribution < -0.4 is 5.32 Å². The third-order valence-electron chi connectivity index (χ3n) is 3.64. The van der Waals surface area contributed by atoms with Gasteiger partial charge >= 0.3 is 12.0 Å². The minimum Gasteiger partial charge on any atom is -0.464 e. The van der Waals surface area contributed by atoms with E-state index < -0.39 is 5.97 Å². The fourth-order valence-electron chi connectivity index (χ4n) is 2.43. The van der Waals surface area contributed by atoms with Gasteiger partial charge in [0, 0.05) is 31.9 Å². The maximum absolute atomic E-state index is 12.5. The second-order valence-corrected chi connectivity index (χ2v) is 5.10. The maximum Gasteiger partial charge on any atom is 0.354 e. The fourth-order valence-corrected chi connectivity index (χ4v) is 2.43. The van der Waals surface area contributed by atoms with Crippen LogP contribution in [0.3, 0.4) is 0 Å². The largest absolute Gasteiger partial charge is 0.464 e. The van der Waals surface area contributed by atoms with Gasteiger partial charge in [0.1, 0.15) is 5.69 Å². The van der Waals surface area contributed by atoms with Crippen LogP contribution in [-0.4, -0.2) is 54.5 Å². The molecule has 0 aliphatic heterocycles. The first-order valence-corrected chi connectivity index (χ1v) is 7.02. The Labute approximate surface area is 130 Å². The van der Waals surface area contributed by atoms with Crippen LogP contribution in [0.5, 0.6) is 0 Å². The lowest BCUT2D eigenvalue weighted by Gasteiger charge is -2.16. The molecule has 0 aliphatic carbocycles. The van der Waals surface area contributed by atoms with Gasteiger partial charge in [-0.1, -0.05) is 0 Å². The highest BCUT2D eigenvalue weighted by molar-refractivity contribution is 6.04. The molecule has 0 atom stereocenters. The lowest BCUT2D eigenvalue weighted by molar-refractivity contribution is 0.0588. The highest BCUT2D eigenvalue weighted by atomic mass is 16.5. The Bertz CT molecular complexity index is 604. The number of esters is 1. The van der Waals surface area contributed by atoms with E-state index in [2.05, 4.69) is 5.32 Å². The van der Waals surface area contributed by atoms with Crippen molar-refractivity contribution in [3.05, 3.63) is 22.5 Å². The van der Waals surface area contributed by atoms with Gasteiger partial charge in [0.2, 0.25) is 0 Å². The Balaban J connectivity index is 3.10. The molecule has 1 heterocycles. The number of likely N-dealkylation sites (N-methyl/N-ethyl adjacent to an activating group) is 1. The number of urea groups is 1. The average molecular weight is 309 g/mol. The molecular formula is C15H23N3O4. The molecule has 0 bridgehead atoms. The van der Waals surface area contributed by atoms with Gasteiger partial charge in [-0.3, -0.25) is 4.79 Å². The van der Waals surface area contributed by atoms with Crippen molar-refractivity contribution < 1.29 is 19.1 Å². The Morgan fingerprint density at radius 2 is 1.86 bits per heavy atom. The molecule has 1 rings (SSSR count). The summed E-state index contributed by atoms with van der Waals surface area (Å²) in [5, 5.41) is 2.63. The summed E-state index contributed by atoms with van der Waals surface area (Å²) < 4.78 is 6.39. The number of ketones is 1. The number of nitrogens with zero attached hydrogens (tertiary/aromatic N) is 2. The molecular weight excluding hydrogens is 286 g/mol. The molecule has 22 heavy (non-hydrogen) atoms. The third-order valence-corrected chi connectivity index (χ3v) is 3.64. The first-order valence-electron chi connectivity index (χ1n) is 7.02. The number of Topliss-reactive ketones (excluding diaryl/α,β-unsaturated/α-hetero) is 1. The number of hydrogen-bond acceptors (Lipinski definition) is 4. The van der Waals surface area contributed by atoms with Crippen LogP contribution in [0.4, 0.5) is 4.79 Å². The zero-order valence-electron chi connectivity index (χ0n) is 13.9. The van der Waals surface area contributed by atoms with Gasteiger partial charge in [0.25, 0.3) is 0 Å². The lowest BCUT2D eigenvalue weighted by atomic mass is 10.1. The zero-order valence-corrected chi connectivity index (χ0v) is 13.9. The number of hydrogen-bond donors (Lipinski definition) is 1. The number of methoxy groups -OCH3 is 1. The van der Waals surface area contributed by atoms with Crippen LogP contribution in [0.1, 0.15) is 39.0 Å². The molecule has 0 fully saturated rings. The van der Waals surface area contributed by atoms with Crippen LogP contribution in [0, 0.1) is 13.8 Å². The first kappa shape index (κ1) is 17.7. The van der Waals surface area contributed by atoms with E-state index in [0.29, 0.717) is 29.1 Å². The van der Waals surface area contributed by atoms with Crippen LogP contribution in [0.25, 0.3) is 0 Å². The van der Waals surface area contributed by atoms with E-state index in [4.69, 9.17) is 4.74 Å². The predicted octanol–water partition coefficient (Wildman–Crippen LogP) is 1.27. The summed E-state index contributed by atoms with van der Waals surface area (Å²) in [6.45, 7) is 5.71. The minimum atomic E-state index is -0.487. The summed E-state index contributed by atoms with van der Waals surface area (Å²) in [7, 11) is 4.56. The van der Waals surface area contributed by atoms with Crippen LogP contribution in [-0.2, 0) is 11.8 Å². The van der Waals surface area contributed by atoms with Gasteiger partial charge in [-0.25, -0.2) is 9.59 Å². The van der Waals surface area contributed by atoms with E-state index in [1.807, 2.05) is 6.92 Å². The number of carbonyl (C=O) groups is 3. The average Bonchev–Trinajstić information content (AvgIpc) is 2.68. The van der Waals surface area contributed by atoms with E-state index in [1.54, 1.807) is 32.5 Å². The number of ether oxygens (including phenoxy) is 1. The quantitative estimate of drug-likeness (QED) is 0.656. The zero-order chi connectivity index (χ0) is 17.0. The summed E-state index contributed by atoms with van der Waals surface area (Å²) in [6, 6.07) is -0.310. The summed E-state index contributed by atoms with van der Waals surface area (Å²) in [5.74, 6) is -0.700. The molecule has 0 aromatic carbocycles. The Morgan fingerprint density at radius 1 is 1.27 bits per heavy atom. The van der Waals surface area contributed by atoms with Crippen molar-refractivity contribution in [3.63, 3.8) is 0 Å². The van der Waals surface area contributed by atoms with Crippen molar-refractivity contribution >= 4 is 17.8 Å². The molecule has 1 aromatic heterocycles. The molecule has 0 saturated carbocycles. The number of rotatable bonds is 5. The molecule has 1 N–H and O–H groups in total. The number of carbonyl (C=O) groups excluding carboxylic acids is 3. The van der Waals surface area contributed by atoms with E-state index in [1.165, 1.54) is 12.0 Å². The molecule has 2 amide bonds. The Hall–Kier alpha value is -2.31. The minimum absolute atomic E-state index is 0.0574. The van der Waals surface area contributed by atoms with Gasteiger partial charge in [-0.05, 0) is 26.3 Å². The lowest BCUT2D eigenvalue weighted by Crippen LogP contribution is -2.40. The van der Waals surface area contributed by atoms with Crippen LogP contribution >= 0.6 is 0 Å². The Kier molecular flexibility index (Phi) is 5.73. The van der Waals surface area contributed by atoms with Gasteiger partial charge in [-0.2, -0.15) is 0 Å². The van der Waals surface area contributed by atoms with Crippen LogP contribution in [0.2, 0.25) is 0 Å². The van der Waals surface area contributed by atoms with E-state index in [9.17, 15) is 14.4 Å². The van der Waals surface area contributed by atoms with Crippen LogP contribution in [0.15, 0.2) is 0 Å². The fraction of sp³-hybridized carbons (Fsp3) is 0.533. The smallest absolute Gasteiger partial charge is 0.354 e. The highest BCUT2D eigenvalue weighted by Gasteiger charge is 2.26.